The minimum Gasteiger partial charge on any atom is -0.506 e. The highest BCUT2D eigenvalue weighted by molar-refractivity contribution is 9.10. The molecular formula is C17H13BrClN3O3. The van der Waals surface area contributed by atoms with Crippen LogP contribution in [0.25, 0.3) is 0 Å². The molecule has 0 fully saturated rings. The minimum atomic E-state index is -0.429. The molecule has 25 heavy (non-hydrogen) atoms. The molecule has 1 heterocycles. The van der Waals surface area contributed by atoms with E-state index in [-0.39, 0.29) is 18.2 Å². The van der Waals surface area contributed by atoms with Gasteiger partial charge in [-0.15, -0.1) is 0 Å². The summed E-state index contributed by atoms with van der Waals surface area (Å²) in [6.45, 7) is 0.102. The Kier molecular flexibility index (Phi) is 5.25. The van der Waals surface area contributed by atoms with Crippen LogP contribution in [0.3, 0.4) is 0 Å². The fourth-order valence-corrected chi connectivity index (χ4v) is 2.78. The number of amides is 1. The predicted molar refractivity (Wildman–Crippen MR) is 98.1 cm³/mol. The molecule has 128 valence electrons. The Hall–Kier alpha value is -2.51. The third-order valence-corrected chi connectivity index (χ3v) is 4.06. The maximum atomic E-state index is 12.2. The number of phenols is 1. The molecule has 1 amide bonds. The van der Waals surface area contributed by atoms with Crippen molar-refractivity contribution in [1.29, 1.82) is 0 Å². The summed E-state index contributed by atoms with van der Waals surface area (Å²) in [5.74, 6) is 0.0750. The molecule has 3 rings (SSSR count). The van der Waals surface area contributed by atoms with Crippen molar-refractivity contribution < 1.29 is 14.6 Å². The molecule has 0 saturated carbocycles. The monoisotopic (exact) mass is 421 g/mol. The van der Waals surface area contributed by atoms with Gasteiger partial charge in [-0.2, -0.15) is 5.10 Å². The highest BCUT2D eigenvalue weighted by Gasteiger charge is 2.12. The third kappa shape index (κ3) is 4.32. The van der Waals surface area contributed by atoms with E-state index >= 15 is 0 Å². The fraction of sp³-hybridized carbons (Fsp3) is 0.0588. The molecular weight excluding hydrogens is 410 g/mol. The number of carbonyl (C=O) groups is 1. The first-order valence-corrected chi connectivity index (χ1v) is 8.40. The van der Waals surface area contributed by atoms with Crippen LogP contribution in [0.2, 0.25) is 5.02 Å². The second kappa shape index (κ2) is 7.58. The predicted octanol–water partition coefficient (Wildman–Crippen LogP) is 4.29. The van der Waals surface area contributed by atoms with Crippen molar-refractivity contribution in [2.75, 3.05) is 5.32 Å². The molecule has 0 aliphatic carbocycles. The van der Waals surface area contributed by atoms with Crippen LogP contribution in [0, 0.1) is 0 Å². The van der Waals surface area contributed by atoms with Gasteiger partial charge in [-0.3, -0.25) is 4.79 Å². The molecule has 2 aromatic carbocycles. The van der Waals surface area contributed by atoms with Crippen molar-refractivity contribution in [2.24, 2.45) is 0 Å². The van der Waals surface area contributed by atoms with Crippen LogP contribution < -0.4 is 10.1 Å². The maximum Gasteiger partial charge on any atom is 0.276 e. The van der Waals surface area contributed by atoms with Crippen LogP contribution in [0.15, 0.2) is 59.2 Å². The molecule has 0 aliphatic rings. The first-order valence-electron chi connectivity index (χ1n) is 7.23. The van der Waals surface area contributed by atoms with Gasteiger partial charge in [0.05, 0.1) is 10.7 Å². The van der Waals surface area contributed by atoms with Crippen molar-refractivity contribution in [3.8, 4) is 11.5 Å². The molecule has 6 nitrogen and oxygen atoms in total. The van der Waals surface area contributed by atoms with Crippen LogP contribution in [0.1, 0.15) is 10.5 Å². The smallest absolute Gasteiger partial charge is 0.276 e. The van der Waals surface area contributed by atoms with Gasteiger partial charge in [-0.25, -0.2) is 4.68 Å². The quantitative estimate of drug-likeness (QED) is 0.601. The highest BCUT2D eigenvalue weighted by atomic mass is 79.9. The Morgan fingerprint density at radius 2 is 2.08 bits per heavy atom. The summed E-state index contributed by atoms with van der Waals surface area (Å²) in [6, 6.07) is 13.3. The number of aromatic hydroxyl groups is 1. The number of nitrogens with one attached hydrogen (secondary N) is 1. The Morgan fingerprint density at radius 3 is 2.84 bits per heavy atom. The first-order chi connectivity index (χ1) is 12.0. The summed E-state index contributed by atoms with van der Waals surface area (Å²) < 4.78 is 7.91. The van der Waals surface area contributed by atoms with Crippen molar-refractivity contribution in [3.63, 3.8) is 0 Å². The molecule has 2 N–H and O–H groups in total. The van der Waals surface area contributed by atoms with Gasteiger partial charge in [-0.05, 0) is 36.4 Å². The normalized spacial score (nSPS) is 10.5. The lowest BCUT2D eigenvalue weighted by Crippen LogP contribution is -2.14. The molecule has 0 bridgehead atoms. The number of hydrogen-bond donors (Lipinski definition) is 2. The maximum absolute atomic E-state index is 12.2. The number of hydrogen-bond acceptors (Lipinski definition) is 4. The van der Waals surface area contributed by atoms with Gasteiger partial charge in [0.2, 0.25) is 0 Å². The van der Waals surface area contributed by atoms with E-state index in [2.05, 4.69) is 26.3 Å². The number of carbonyl (C=O) groups excluding carboxylic acids is 1. The Morgan fingerprint density at radius 1 is 1.28 bits per heavy atom. The number of ether oxygens (including phenoxy) is 1. The molecule has 1 aromatic heterocycles. The zero-order valence-corrected chi connectivity index (χ0v) is 15.2. The fourth-order valence-electron chi connectivity index (χ4n) is 2.05. The topological polar surface area (TPSA) is 76.4 Å². The van der Waals surface area contributed by atoms with Crippen molar-refractivity contribution in [3.05, 3.63) is 69.9 Å². The SMILES string of the molecule is O=C(Nc1ccccc1O)c1ccn(COc2ccc(Br)cc2Cl)n1. The molecule has 3 aromatic rings. The number of benzene rings is 2. The zero-order chi connectivity index (χ0) is 17.8. The summed E-state index contributed by atoms with van der Waals surface area (Å²) >= 11 is 9.41. The molecule has 8 heteroatoms. The van der Waals surface area contributed by atoms with Gasteiger partial charge >= 0.3 is 0 Å². The number of rotatable bonds is 5. The molecule has 0 saturated heterocycles. The second-order valence-electron chi connectivity index (χ2n) is 5.06. The summed E-state index contributed by atoms with van der Waals surface area (Å²) in [4.78, 5) is 12.2. The van der Waals surface area contributed by atoms with E-state index in [9.17, 15) is 9.90 Å². The summed E-state index contributed by atoms with van der Waals surface area (Å²) in [5.41, 5.74) is 0.522. The average Bonchev–Trinajstić information content (AvgIpc) is 3.05. The number of para-hydroxylation sites is 2. The number of nitrogens with zero attached hydrogens (tertiary/aromatic N) is 2. The average molecular weight is 423 g/mol. The van der Waals surface area contributed by atoms with E-state index in [1.165, 1.54) is 10.7 Å². The van der Waals surface area contributed by atoms with Gasteiger partial charge < -0.3 is 15.2 Å². The van der Waals surface area contributed by atoms with E-state index in [4.69, 9.17) is 16.3 Å². The minimum absolute atomic E-state index is 0.0107. The highest BCUT2D eigenvalue weighted by Crippen LogP contribution is 2.28. The number of anilines is 1. The number of halogens is 2. The van der Waals surface area contributed by atoms with Crippen LogP contribution in [0.5, 0.6) is 11.5 Å². The summed E-state index contributed by atoms with van der Waals surface area (Å²) in [6.07, 6.45) is 1.62. The van der Waals surface area contributed by atoms with Crippen LogP contribution in [-0.4, -0.2) is 20.8 Å². The Labute approximate surface area is 157 Å². The largest absolute Gasteiger partial charge is 0.506 e. The third-order valence-electron chi connectivity index (χ3n) is 3.27. The van der Waals surface area contributed by atoms with Crippen molar-refractivity contribution in [1.82, 2.24) is 9.78 Å². The van der Waals surface area contributed by atoms with E-state index in [0.717, 1.165) is 4.47 Å². The van der Waals surface area contributed by atoms with Gasteiger partial charge in [0.1, 0.15) is 11.5 Å². The molecule has 0 spiro atoms. The lowest BCUT2D eigenvalue weighted by molar-refractivity contribution is 0.102. The van der Waals surface area contributed by atoms with Gasteiger partial charge in [0.15, 0.2) is 12.4 Å². The van der Waals surface area contributed by atoms with Gasteiger partial charge in [-0.1, -0.05) is 39.7 Å². The lowest BCUT2D eigenvalue weighted by atomic mass is 10.3. The number of phenolic OH excluding ortho intramolecular Hbond substituents is 1. The first kappa shape index (κ1) is 17.3. The Balaban J connectivity index is 1.64. The van der Waals surface area contributed by atoms with Crippen LogP contribution >= 0.6 is 27.5 Å². The van der Waals surface area contributed by atoms with Gasteiger partial charge in [0.25, 0.3) is 5.91 Å². The Bertz CT molecular complexity index is 914. The molecule has 0 unspecified atom stereocenters. The lowest BCUT2D eigenvalue weighted by Gasteiger charge is -2.08. The van der Waals surface area contributed by atoms with E-state index < -0.39 is 5.91 Å². The van der Waals surface area contributed by atoms with Crippen LogP contribution in [0.4, 0.5) is 5.69 Å². The number of aromatic nitrogens is 2. The molecule has 0 radical (unpaired) electrons. The molecule has 0 aliphatic heterocycles. The van der Waals surface area contributed by atoms with E-state index in [1.807, 2.05) is 6.07 Å². The van der Waals surface area contributed by atoms with E-state index in [1.54, 1.807) is 42.6 Å². The van der Waals surface area contributed by atoms with E-state index in [0.29, 0.717) is 16.5 Å². The summed E-state index contributed by atoms with van der Waals surface area (Å²) in [7, 11) is 0. The summed E-state index contributed by atoms with van der Waals surface area (Å²) in [5, 5.41) is 16.9. The standard InChI is InChI=1S/C17H13BrClN3O3/c18-11-5-6-16(12(19)9-11)25-10-22-8-7-14(21-22)17(24)20-13-3-1-2-4-15(13)23/h1-9,23H,10H2,(H,20,24). The van der Waals surface area contributed by atoms with Gasteiger partial charge in [0, 0.05) is 10.7 Å². The van der Waals surface area contributed by atoms with Crippen molar-refractivity contribution >= 4 is 39.1 Å². The molecule has 0 atom stereocenters. The zero-order valence-electron chi connectivity index (χ0n) is 12.8. The van der Waals surface area contributed by atoms with Crippen LogP contribution in [-0.2, 0) is 6.73 Å². The van der Waals surface area contributed by atoms with Crippen molar-refractivity contribution in [2.45, 2.75) is 6.73 Å². The second-order valence-corrected chi connectivity index (χ2v) is 6.38.